The third kappa shape index (κ3) is 5.53. The highest BCUT2D eigenvalue weighted by Crippen LogP contribution is 2.18. The van der Waals surface area contributed by atoms with Gasteiger partial charge in [-0.1, -0.05) is 41.1 Å². The Morgan fingerprint density at radius 2 is 2.00 bits per heavy atom. The maximum atomic E-state index is 11.9. The monoisotopic (exact) mass is 361 g/mol. The van der Waals surface area contributed by atoms with E-state index < -0.39 is 0 Å². The van der Waals surface area contributed by atoms with Gasteiger partial charge in [-0.25, -0.2) is 0 Å². The molecule has 0 saturated heterocycles. The van der Waals surface area contributed by atoms with Gasteiger partial charge in [0.15, 0.2) is 0 Å². The number of aryl methyl sites for hydroxylation is 1. The molecule has 2 rings (SSSR count). The zero-order chi connectivity index (χ0) is 15.8. The minimum Gasteiger partial charge on any atom is -0.494 e. The van der Waals surface area contributed by atoms with Crippen LogP contribution < -0.4 is 10.1 Å². The molecule has 0 spiro atoms. The highest BCUT2D eigenvalue weighted by atomic mass is 79.9. The molecule has 116 valence electrons. The van der Waals surface area contributed by atoms with E-state index >= 15 is 0 Å². The van der Waals surface area contributed by atoms with Gasteiger partial charge >= 0.3 is 0 Å². The van der Waals surface area contributed by atoms with Crippen molar-refractivity contribution in [3.05, 3.63) is 58.6 Å². The van der Waals surface area contributed by atoms with Crippen LogP contribution in [0.3, 0.4) is 0 Å². The van der Waals surface area contributed by atoms with E-state index in [1.807, 2.05) is 42.5 Å². The van der Waals surface area contributed by atoms with Gasteiger partial charge in [-0.05, 0) is 48.7 Å². The standard InChI is InChI=1S/C18H20BrNO2/c1-2-14-6-3-8-16(12-14)20-18(21)10-5-11-22-17-9-4-7-15(19)13-17/h3-4,6-9,12-13H,2,5,10-11H2,1H3,(H,20,21). The summed E-state index contributed by atoms with van der Waals surface area (Å²) >= 11 is 3.40. The summed E-state index contributed by atoms with van der Waals surface area (Å²) in [6.45, 7) is 2.62. The molecule has 22 heavy (non-hydrogen) atoms. The summed E-state index contributed by atoms with van der Waals surface area (Å²) in [5.41, 5.74) is 2.08. The fourth-order valence-electron chi connectivity index (χ4n) is 2.07. The number of rotatable bonds is 7. The quantitative estimate of drug-likeness (QED) is 0.718. The predicted octanol–water partition coefficient (Wildman–Crippen LogP) is 4.81. The first-order valence-corrected chi connectivity index (χ1v) is 8.24. The van der Waals surface area contributed by atoms with E-state index in [1.54, 1.807) is 0 Å². The molecule has 0 aliphatic heterocycles. The van der Waals surface area contributed by atoms with Crippen molar-refractivity contribution in [3.63, 3.8) is 0 Å². The number of anilines is 1. The van der Waals surface area contributed by atoms with E-state index in [1.165, 1.54) is 5.56 Å². The Balaban J connectivity index is 1.71. The number of amides is 1. The van der Waals surface area contributed by atoms with Gasteiger partial charge in [0.2, 0.25) is 5.91 Å². The number of hydrogen-bond acceptors (Lipinski definition) is 2. The number of benzene rings is 2. The van der Waals surface area contributed by atoms with E-state index in [9.17, 15) is 4.79 Å². The van der Waals surface area contributed by atoms with Gasteiger partial charge in [0.1, 0.15) is 5.75 Å². The normalized spacial score (nSPS) is 10.3. The molecule has 4 heteroatoms. The van der Waals surface area contributed by atoms with Gasteiger partial charge in [0.05, 0.1) is 6.61 Å². The van der Waals surface area contributed by atoms with Crippen LogP contribution >= 0.6 is 15.9 Å². The third-order valence-corrected chi connectivity index (χ3v) is 3.73. The molecule has 3 nitrogen and oxygen atoms in total. The Morgan fingerprint density at radius 3 is 2.77 bits per heavy atom. The van der Waals surface area contributed by atoms with Gasteiger partial charge in [0.25, 0.3) is 0 Å². The van der Waals surface area contributed by atoms with Gasteiger partial charge in [0, 0.05) is 16.6 Å². The maximum Gasteiger partial charge on any atom is 0.224 e. The van der Waals surface area contributed by atoms with E-state index in [0.29, 0.717) is 19.4 Å². The van der Waals surface area contributed by atoms with Gasteiger partial charge < -0.3 is 10.1 Å². The van der Waals surface area contributed by atoms with E-state index in [0.717, 1.165) is 22.3 Å². The lowest BCUT2D eigenvalue weighted by molar-refractivity contribution is -0.116. The van der Waals surface area contributed by atoms with Crippen LogP contribution in [0.25, 0.3) is 0 Å². The maximum absolute atomic E-state index is 11.9. The summed E-state index contributed by atoms with van der Waals surface area (Å²) in [6, 6.07) is 15.6. The Morgan fingerprint density at radius 1 is 1.18 bits per heavy atom. The molecule has 1 amide bonds. The Hall–Kier alpha value is -1.81. The van der Waals surface area contributed by atoms with Crippen LogP contribution in [-0.2, 0) is 11.2 Å². The van der Waals surface area contributed by atoms with Crippen LogP contribution in [0.1, 0.15) is 25.3 Å². The molecular formula is C18H20BrNO2. The summed E-state index contributed by atoms with van der Waals surface area (Å²) in [5, 5.41) is 2.92. The molecule has 2 aromatic carbocycles. The highest BCUT2D eigenvalue weighted by Gasteiger charge is 2.03. The third-order valence-electron chi connectivity index (χ3n) is 3.23. The number of carbonyl (C=O) groups is 1. The lowest BCUT2D eigenvalue weighted by Gasteiger charge is -2.08. The fraction of sp³-hybridized carbons (Fsp3) is 0.278. The lowest BCUT2D eigenvalue weighted by Crippen LogP contribution is -2.12. The largest absolute Gasteiger partial charge is 0.494 e. The molecule has 0 aliphatic rings. The topological polar surface area (TPSA) is 38.3 Å². The smallest absolute Gasteiger partial charge is 0.224 e. The van der Waals surface area contributed by atoms with Crippen LogP contribution in [-0.4, -0.2) is 12.5 Å². The second-order valence-electron chi connectivity index (χ2n) is 5.01. The zero-order valence-corrected chi connectivity index (χ0v) is 14.2. The summed E-state index contributed by atoms with van der Waals surface area (Å²) in [7, 11) is 0. The minimum absolute atomic E-state index is 0.0195. The second-order valence-corrected chi connectivity index (χ2v) is 5.93. The Kier molecular flexibility index (Phi) is 6.46. The van der Waals surface area contributed by atoms with E-state index in [4.69, 9.17) is 4.74 Å². The molecule has 0 bridgehead atoms. The number of ether oxygens (including phenoxy) is 1. The van der Waals surface area contributed by atoms with Crippen LogP contribution in [0.4, 0.5) is 5.69 Å². The first-order valence-electron chi connectivity index (χ1n) is 7.44. The Bertz CT molecular complexity index is 628. The first kappa shape index (κ1) is 16.6. The molecule has 0 heterocycles. The van der Waals surface area contributed by atoms with Crippen molar-refractivity contribution >= 4 is 27.5 Å². The summed E-state index contributed by atoms with van der Waals surface area (Å²) in [4.78, 5) is 11.9. The highest BCUT2D eigenvalue weighted by molar-refractivity contribution is 9.10. The van der Waals surface area contributed by atoms with Crippen molar-refractivity contribution in [1.82, 2.24) is 0 Å². The zero-order valence-electron chi connectivity index (χ0n) is 12.6. The molecule has 0 radical (unpaired) electrons. The van der Waals surface area contributed by atoms with Crippen LogP contribution in [0.15, 0.2) is 53.0 Å². The van der Waals surface area contributed by atoms with Crippen molar-refractivity contribution in [3.8, 4) is 5.75 Å². The molecule has 2 aromatic rings. The lowest BCUT2D eigenvalue weighted by atomic mass is 10.1. The molecule has 0 fully saturated rings. The van der Waals surface area contributed by atoms with Crippen LogP contribution in [0.5, 0.6) is 5.75 Å². The van der Waals surface area contributed by atoms with Crippen molar-refractivity contribution in [1.29, 1.82) is 0 Å². The van der Waals surface area contributed by atoms with Gasteiger partial charge in [-0.3, -0.25) is 4.79 Å². The average molecular weight is 362 g/mol. The van der Waals surface area contributed by atoms with Gasteiger partial charge in [-0.2, -0.15) is 0 Å². The summed E-state index contributed by atoms with van der Waals surface area (Å²) in [6.07, 6.45) is 2.10. The van der Waals surface area contributed by atoms with Crippen LogP contribution in [0.2, 0.25) is 0 Å². The predicted molar refractivity (Wildman–Crippen MR) is 93.3 cm³/mol. The number of carbonyl (C=O) groups excluding carboxylic acids is 1. The molecule has 0 aromatic heterocycles. The fourth-order valence-corrected chi connectivity index (χ4v) is 2.45. The molecule has 0 aliphatic carbocycles. The molecule has 1 N–H and O–H groups in total. The van der Waals surface area contributed by atoms with E-state index in [2.05, 4.69) is 34.2 Å². The van der Waals surface area contributed by atoms with Crippen molar-refractivity contribution in [2.75, 3.05) is 11.9 Å². The molecule has 0 unspecified atom stereocenters. The molecule has 0 saturated carbocycles. The van der Waals surface area contributed by atoms with Crippen LogP contribution in [0, 0.1) is 0 Å². The molecular weight excluding hydrogens is 342 g/mol. The molecule has 0 atom stereocenters. The SMILES string of the molecule is CCc1cccc(NC(=O)CCCOc2cccc(Br)c2)c1. The average Bonchev–Trinajstić information content (AvgIpc) is 2.52. The number of hydrogen-bond donors (Lipinski definition) is 1. The van der Waals surface area contributed by atoms with Crippen molar-refractivity contribution < 1.29 is 9.53 Å². The van der Waals surface area contributed by atoms with Gasteiger partial charge in [-0.15, -0.1) is 0 Å². The second kappa shape index (κ2) is 8.59. The Labute approximate surface area is 139 Å². The summed E-state index contributed by atoms with van der Waals surface area (Å²) < 4.78 is 6.60. The van der Waals surface area contributed by atoms with Crippen molar-refractivity contribution in [2.45, 2.75) is 26.2 Å². The van der Waals surface area contributed by atoms with E-state index in [-0.39, 0.29) is 5.91 Å². The minimum atomic E-state index is 0.0195. The summed E-state index contributed by atoms with van der Waals surface area (Å²) in [5.74, 6) is 0.830. The number of nitrogens with one attached hydrogen (secondary N) is 1. The van der Waals surface area contributed by atoms with Crippen molar-refractivity contribution in [2.24, 2.45) is 0 Å². The number of halogens is 1. The first-order chi connectivity index (χ1) is 10.7.